The second-order valence-electron chi connectivity index (χ2n) is 5.73. The van der Waals surface area contributed by atoms with Crippen LogP contribution in [0.3, 0.4) is 0 Å². The number of nitrogens with one attached hydrogen (secondary N) is 1. The highest BCUT2D eigenvalue weighted by atomic mass is 35.5. The van der Waals surface area contributed by atoms with Gasteiger partial charge in [0.05, 0.1) is 0 Å². The van der Waals surface area contributed by atoms with Crippen molar-refractivity contribution >= 4 is 23.2 Å². The van der Waals surface area contributed by atoms with E-state index >= 15 is 0 Å². The molecule has 0 fully saturated rings. The molecule has 1 heterocycles. The van der Waals surface area contributed by atoms with Gasteiger partial charge in [-0.1, -0.05) is 41.4 Å². The number of nitriles is 1. The first kappa shape index (κ1) is 18.1. The minimum absolute atomic E-state index is 0.0773. The molecule has 26 heavy (non-hydrogen) atoms. The standard InChI is InChI=1S/C20H14Cl2N2O2/c1-12-7-17(18(10-23)20(25)24-12)13-3-2-4-16(8-13)26-11-14-5-6-15(21)9-19(14)22/h2-9H,11H2,1H3,(H,24,25). The van der Waals surface area contributed by atoms with Crippen LogP contribution in [0.4, 0.5) is 0 Å². The molecule has 0 bridgehead atoms. The Morgan fingerprint density at radius 2 is 1.96 bits per heavy atom. The number of aryl methyl sites for hydroxylation is 1. The van der Waals surface area contributed by atoms with Gasteiger partial charge in [0.1, 0.15) is 24.0 Å². The van der Waals surface area contributed by atoms with Crippen LogP contribution in [-0.2, 0) is 6.61 Å². The van der Waals surface area contributed by atoms with Crippen molar-refractivity contribution in [3.8, 4) is 22.9 Å². The first-order chi connectivity index (χ1) is 12.5. The molecule has 2 aromatic carbocycles. The van der Waals surface area contributed by atoms with Crippen molar-refractivity contribution in [3.05, 3.63) is 85.8 Å². The zero-order valence-corrected chi connectivity index (χ0v) is 15.4. The summed E-state index contributed by atoms with van der Waals surface area (Å²) in [4.78, 5) is 14.6. The molecule has 0 saturated carbocycles. The van der Waals surface area contributed by atoms with Crippen molar-refractivity contribution in [2.75, 3.05) is 0 Å². The average Bonchev–Trinajstić information content (AvgIpc) is 2.60. The zero-order valence-electron chi connectivity index (χ0n) is 13.8. The van der Waals surface area contributed by atoms with Crippen molar-refractivity contribution in [2.24, 2.45) is 0 Å². The van der Waals surface area contributed by atoms with Crippen LogP contribution < -0.4 is 10.3 Å². The van der Waals surface area contributed by atoms with Gasteiger partial charge in [0.2, 0.25) is 0 Å². The monoisotopic (exact) mass is 384 g/mol. The van der Waals surface area contributed by atoms with E-state index in [0.29, 0.717) is 27.1 Å². The Kier molecular flexibility index (Phi) is 5.32. The Balaban J connectivity index is 1.90. The molecular formula is C20H14Cl2N2O2. The van der Waals surface area contributed by atoms with Gasteiger partial charge in [-0.15, -0.1) is 0 Å². The average molecular weight is 385 g/mol. The quantitative estimate of drug-likeness (QED) is 0.679. The van der Waals surface area contributed by atoms with Crippen LogP contribution in [0.1, 0.15) is 16.8 Å². The molecule has 6 heteroatoms. The number of H-pyrrole nitrogens is 1. The molecular weight excluding hydrogens is 371 g/mol. The van der Waals surface area contributed by atoms with Crippen molar-refractivity contribution < 1.29 is 4.74 Å². The third-order valence-electron chi connectivity index (χ3n) is 3.83. The van der Waals surface area contributed by atoms with Crippen LogP contribution in [0, 0.1) is 18.3 Å². The largest absolute Gasteiger partial charge is 0.489 e. The lowest BCUT2D eigenvalue weighted by Crippen LogP contribution is -2.12. The molecule has 0 aliphatic heterocycles. The van der Waals surface area contributed by atoms with E-state index in [-0.39, 0.29) is 12.2 Å². The molecule has 1 aromatic heterocycles. The van der Waals surface area contributed by atoms with Crippen LogP contribution in [-0.4, -0.2) is 4.98 Å². The summed E-state index contributed by atoms with van der Waals surface area (Å²) < 4.78 is 5.81. The summed E-state index contributed by atoms with van der Waals surface area (Å²) in [6, 6.07) is 16.2. The number of hydrogen-bond acceptors (Lipinski definition) is 3. The molecule has 0 aliphatic rings. The van der Waals surface area contributed by atoms with Gasteiger partial charge in [0.25, 0.3) is 5.56 Å². The first-order valence-corrected chi connectivity index (χ1v) is 8.54. The molecule has 0 saturated heterocycles. The molecule has 130 valence electrons. The number of rotatable bonds is 4. The van der Waals surface area contributed by atoms with E-state index in [4.69, 9.17) is 27.9 Å². The summed E-state index contributed by atoms with van der Waals surface area (Å²) >= 11 is 12.1. The lowest BCUT2D eigenvalue weighted by atomic mass is 10.0. The van der Waals surface area contributed by atoms with Crippen molar-refractivity contribution in [2.45, 2.75) is 13.5 Å². The Bertz CT molecular complexity index is 1070. The topological polar surface area (TPSA) is 65.9 Å². The van der Waals surface area contributed by atoms with Crippen molar-refractivity contribution in [1.82, 2.24) is 4.98 Å². The highest BCUT2D eigenvalue weighted by Crippen LogP contribution is 2.27. The van der Waals surface area contributed by atoms with E-state index in [1.807, 2.05) is 24.3 Å². The SMILES string of the molecule is Cc1cc(-c2cccc(OCc3ccc(Cl)cc3Cl)c2)c(C#N)c(=O)[nH]1. The Labute approximate surface area is 160 Å². The molecule has 0 amide bonds. The Morgan fingerprint density at radius 1 is 1.15 bits per heavy atom. The van der Waals surface area contributed by atoms with Gasteiger partial charge in [0, 0.05) is 26.9 Å². The molecule has 3 aromatic rings. The number of benzene rings is 2. The summed E-state index contributed by atoms with van der Waals surface area (Å²) in [5, 5.41) is 10.4. The molecule has 0 aliphatic carbocycles. The fourth-order valence-electron chi connectivity index (χ4n) is 2.58. The maximum atomic E-state index is 12.0. The lowest BCUT2D eigenvalue weighted by Gasteiger charge is -2.10. The van der Waals surface area contributed by atoms with E-state index in [1.165, 1.54) is 0 Å². The number of ether oxygens (including phenoxy) is 1. The van der Waals surface area contributed by atoms with Gasteiger partial charge in [0.15, 0.2) is 0 Å². The van der Waals surface area contributed by atoms with Crippen molar-refractivity contribution in [3.63, 3.8) is 0 Å². The second kappa shape index (κ2) is 7.65. The molecule has 0 atom stereocenters. The summed E-state index contributed by atoms with van der Waals surface area (Å²) in [6.45, 7) is 2.05. The predicted molar refractivity (Wildman–Crippen MR) is 103 cm³/mol. The van der Waals surface area contributed by atoms with Gasteiger partial charge in [-0.05, 0) is 42.8 Å². The molecule has 1 N–H and O–H groups in total. The van der Waals surface area contributed by atoms with E-state index in [9.17, 15) is 10.1 Å². The van der Waals surface area contributed by atoms with Gasteiger partial charge >= 0.3 is 0 Å². The normalized spacial score (nSPS) is 10.4. The predicted octanol–water partition coefficient (Wildman–Crippen LogP) is 5.11. The minimum Gasteiger partial charge on any atom is -0.489 e. The Morgan fingerprint density at radius 3 is 2.69 bits per heavy atom. The van der Waals surface area contributed by atoms with E-state index in [0.717, 1.165) is 11.1 Å². The van der Waals surface area contributed by atoms with Crippen LogP contribution >= 0.6 is 23.2 Å². The highest BCUT2D eigenvalue weighted by molar-refractivity contribution is 6.35. The number of aromatic nitrogens is 1. The third kappa shape index (κ3) is 3.91. The number of pyridine rings is 1. The molecule has 0 unspecified atom stereocenters. The van der Waals surface area contributed by atoms with Gasteiger partial charge < -0.3 is 9.72 Å². The minimum atomic E-state index is -0.401. The molecule has 4 nitrogen and oxygen atoms in total. The van der Waals surface area contributed by atoms with Gasteiger partial charge in [-0.3, -0.25) is 4.79 Å². The smallest absolute Gasteiger partial charge is 0.266 e. The van der Waals surface area contributed by atoms with Crippen LogP contribution in [0.5, 0.6) is 5.75 Å². The van der Waals surface area contributed by atoms with Gasteiger partial charge in [-0.25, -0.2) is 0 Å². The first-order valence-electron chi connectivity index (χ1n) is 7.79. The Hall–Kier alpha value is -2.74. The van der Waals surface area contributed by atoms with E-state index in [1.54, 1.807) is 37.3 Å². The van der Waals surface area contributed by atoms with Crippen LogP contribution in [0.15, 0.2) is 53.3 Å². The number of halogens is 2. The summed E-state index contributed by atoms with van der Waals surface area (Å²) in [5.41, 5.74) is 2.48. The third-order valence-corrected chi connectivity index (χ3v) is 4.42. The van der Waals surface area contributed by atoms with Crippen LogP contribution in [0.2, 0.25) is 10.0 Å². The summed E-state index contributed by atoms with van der Waals surface area (Å²) in [7, 11) is 0. The summed E-state index contributed by atoms with van der Waals surface area (Å²) in [6.07, 6.45) is 0. The second-order valence-corrected chi connectivity index (χ2v) is 6.58. The number of hydrogen-bond donors (Lipinski definition) is 1. The fourth-order valence-corrected chi connectivity index (χ4v) is 3.04. The maximum Gasteiger partial charge on any atom is 0.266 e. The van der Waals surface area contributed by atoms with Crippen molar-refractivity contribution in [1.29, 1.82) is 5.26 Å². The van der Waals surface area contributed by atoms with E-state index in [2.05, 4.69) is 4.98 Å². The number of aromatic amines is 1. The van der Waals surface area contributed by atoms with E-state index < -0.39 is 5.56 Å². The van der Waals surface area contributed by atoms with Crippen LogP contribution in [0.25, 0.3) is 11.1 Å². The number of nitrogens with zero attached hydrogens (tertiary/aromatic N) is 1. The molecule has 3 rings (SSSR count). The fraction of sp³-hybridized carbons (Fsp3) is 0.100. The lowest BCUT2D eigenvalue weighted by molar-refractivity contribution is 0.306. The molecule has 0 radical (unpaired) electrons. The molecule has 0 spiro atoms. The maximum absolute atomic E-state index is 12.0. The highest BCUT2D eigenvalue weighted by Gasteiger charge is 2.11. The zero-order chi connectivity index (χ0) is 18.7. The summed E-state index contributed by atoms with van der Waals surface area (Å²) in [5.74, 6) is 0.607. The van der Waals surface area contributed by atoms with Gasteiger partial charge in [-0.2, -0.15) is 5.26 Å².